The molecule has 8 heteroatoms. The average Bonchev–Trinajstić information content (AvgIpc) is 2.67. The van der Waals surface area contributed by atoms with Crippen LogP contribution in [-0.4, -0.2) is 40.1 Å². The van der Waals surface area contributed by atoms with Crippen molar-refractivity contribution in [3.63, 3.8) is 0 Å². The maximum atomic E-state index is 11.6. The zero-order valence-corrected chi connectivity index (χ0v) is 18.4. The lowest BCUT2D eigenvalue weighted by atomic mass is 10.1. The standard InChI is InChI=1S/C21H36NO6P/c1-2-3-4-5-6-7-8-9-10-11-12-13-14-15-16-17-21(24)22-18-20(23)19-28-29(25,26)27/h20,23H,2-5,10-19H2,1H3,(H,22,24)(H2,25,26,27). The zero-order chi connectivity index (χ0) is 21.8. The van der Waals surface area contributed by atoms with E-state index in [9.17, 15) is 14.5 Å². The highest BCUT2D eigenvalue weighted by Gasteiger charge is 2.17. The fraction of sp³-hybridized carbons (Fsp3) is 0.762. The minimum absolute atomic E-state index is 0.0943. The molecule has 7 nitrogen and oxygen atoms in total. The van der Waals surface area contributed by atoms with Crippen LogP contribution in [0.25, 0.3) is 0 Å². The Kier molecular flexibility index (Phi) is 17.8. The second-order valence-corrected chi connectivity index (χ2v) is 8.17. The van der Waals surface area contributed by atoms with Gasteiger partial charge in [0.05, 0.1) is 12.7 Å². The molecule has 1 amide bonds. The smallest absolute Gasteiger partial charge is 0.389 e. The van der Waals surface area contributed by atoms with Gasteiger partial charge in [-0.15, -0.1) is 0 Å². The van der Waals surface area contributed by atoms with Crippen LogP contribution in [0.1, 0.15) is 84.0 Å². The first-order chi connectivity index (χ1) is 13.8. The van der Waals surface area contributed by atoms with Gasteiger partial charge in [-0.2, -0.15) is 0 Å². The van der Waals surface area contributed by atoms with Crippen LogP contribution < -0.4 is 5.32 Å². The highest BCUT2D eigenvalue weighted by Crippen LogP contribution is 2.35. The predicted molar refractivity (Wildman–Crippen MR) is 114 cm³/mol. The van der Waals surface area contributed by atoms with Crippen LogP contribution >= 0.6 is 7.82 Å². The van der Waals surface area contributed by atoms with E-state index >= 15 is 0 Å². The molecule has 0 aromatic heterocycles. The van der Waals surface area contributed by atoms with E-state index in [0.717, 1.165) is 57.8 Å². The minimum Gasteiger partial charge on any atom is -0.389 e. The number of hydrogen-bond acceptors (Lipinski definition) is 4. The van der Waals surface area contributed by atoms with Crippen LogP contribution in [0.2, 0.25) is 0 Å². The van der Waals surface area contributed by atoms with Gasteiger partial charge in [0, 0.05) is 25.8 Å². The Labute approximate surface area is 175 Å². The van der Waals surface area contributed by atoms with Gasteiger partial charge in [-0.1, -0.05) is 57.3 Å². The number of nitrogens with one attached hydrogen (secondary N) is 1. The summed E-state index contributed by atoms with van der Waals surface area (Å²) in [6.45, 7) is 1.56. The van der Waals surface area contributed by atoms with Crippen LogP contribution in [0.15, 0.2) is 0 Å². The molecule has 166 valence electrons. The first-order valence-corrected chi connectivity index (χ1v) is 12.0. The molecule has 0 aliphatic heterocycles. The third kappa shape index (κ3) is 22.8. The number of carbonyl (C=O) groups is 1. The first-order valence-electron chi connectivity index (χ1n) is 10.5. The molecule has 1 atom stereocenters. The van der Waals surface area contributed by atoms with Crippen molar-refractivity contribution in [2.45, 2.75) is 90.1 Å². The summed E-state index contributed by atoms with van der Waals surface area (Å²) in [6, 6.07) is 0. The second-order valence-electron chi connectivity index (χ2n) is 6.93. The van der Waals surface area contributed by atoms with Gasteiger partial charge in [-0.25, -0.2) is 4.57 Å². The monoisotopic (exact) mass is 429 g/mol. The Morgan fingerprint density at radius 1 is 0.966 bits per heavy atom. The van der Waals surface area contributed by atoms with Crippen molar-refractivity contribution in [3.8, 4) is 23.7 Å². The number of aliphatic hydroxyl groups excluding tert-OH is 1. The van der Waals surface area contributed by atoms with Crippen molar-refractivity contribution in [1.82, 2.24) is 5.32 Å². The van der Waals surface area contributed by atoms with Gasteiger partial charge < -0.3 is 20.2 Å². The molecule has 0 radical (unpaired) electrons. The molecule has 0 aliphatic carbocycles. The quantitative estimate of drug-likeness (QED) is 0.170. The Morgan fingerprint density at radius 3 is 2.10 bits per heavy atom. The normalized spacial score (nSPS) is 11.7. The van der Waals surface area contributed by atoms with E-state index in [1.165, 1.54) is 12.8 Å². The summed E-state index contributed by atoms with van der Waals surface area (Å²) in [5.41, 5.74) is 0. The van der Waals surface area contributed by atoms with Gasteiger partial charge in [-0.05, 0) is 31.1 Å². The van der Waals surface area contributed by atoms with Crippen LogP contribution in [0.3, 0.4) is 0 Å². The Hall–Kier alpha value is -1.34. The van der Waals surface area contributed by atoms with Crippen molar-refractivity contribution in [3.05, 3.63) is 0 Å². The highest BCUT2D eigenvalue weighted by molar-refractivity contribution is 7.46. The lowest BCUT2D eigenvalue weighted by Crippen LogP contribution is -2.34. The summed E-state index contributed by atoms with van der Waals surface area (Å²) in [5.74, 6) is 11.8. The molecular formula is C21H36NO6P. The molecule has 0 saturated carbocycles. The van der Waals surface area contributed by atoms with Crippen molar-refractivity contribution in [2.24, 2.45) is 0 Å². The third-order valence-electron chi connectivity index (χ3n) is 4.07. The van der Waals surface area contributed by atoms with Gasteiger partial charge in [0.2, 0.25) is 5.91 Å². The van der Waals surface area contributed by atoms with Crippen LogP contribution in [0, 0.1) is 23.7 Å². The van der Waals surface area contributed by atoms with E-state index < -0.39 is 20.5 Å². The molecule has 0 saturated heterocycles. The predicted octanol–water partition coefficient (Wildman–Crippen LogP) is 3.28. The number of amides is 1. The minimum atomic E-state index is -4.60. The van der Waals surface area contributed by atoms with Gasteiger partial charge in [0.15, 0.2) is 0 Å². The van der Waals surface area contributed by atoms with E-state index in [0.29, 0.717) is 6.42 Å². The van der Waals surface area contributed by atoms with Crippen LogP contribution in [0.4, 0.5) is 0 Å². The van der Waals surface area contributed by atoms with Crippen LogP contribution in [-0.2, 0) is 13.9 Å². The Morgan fingerprint density at radius 2 is 1.52 bits per heavy atom. The summed E-state index contributed by atoms with van der Waals surface area (Å²) >= 11 is 0. The van der Waals surface area contributed by atoms with Gasteiger partial charge >= 0.3 is 7.82 Å². The molecule has 0 rings (SSSR count). The zero-order valence-electron chi connectivity index (χ0n) is 17.5. The molecule has 0 aliphatic rings. The van der Waals surface area contributed by atoms with Crippen molar-refractivity contribution >= 4 is 13.7 Å². The number of phosphoric ester groups is 1. The van der Waals surface area contributed by atoms with E-state index in [1.807, 2.05) is 0 Å². The SMILES string of the molecule is CCCCCC#CC#CCCCCCCCCC(=O)NCC(O)COP(=O)(O)O. The highest BCUT2D eigenvalue weighted by atomic mass is 31.2. The fourth-order valence-corrected chi connectivity index (χ4v) is 2.81. The lowest BCUT2D eigenvalue weighted by molar-refractivity contribution is -0.121. The summed E-state index contributed by atoms with van der Waals surface area (Å²) < 4.78 is 14.7. The number of carbonyl (C=O) groups excluding carboxylic acids is 1. The molecule has 0 spiro atoms. The second kappa shape index (κ2) is 18.7. The molecule has 1 unspecified atom stereocenters. The fourth-order valence-electron chi connectivity index (χ4n) is 2.44. The maximum Gasteiger partial charge on any atom is 0.469 e. The maximum absolute atomic E-state index is 11.6. The number of hydrogen-bond donors (Lipinski definition) is 4. The number of phosphoric acid groups is 1. The molecule has 0 heterocycles. The molecular weight excluding hydrogens is 393 g/mol. The molecule has 0 fully saturated rings. The Bertz CT molecular complexity index is 596. The van der Waals surface area contributed by atoms with E-state index in [4.69, 9.17) is 9.79 Å². The van der Waals surface area contributed by atoms with E-state index in [1.54, 1.807) is 0 Å². The lowest BCUT2D eigenvalue weighted by Gasteiger charge is -2.12. The molecule has 29 heavy (non-hydrogen) atoms. The van der Waals surface area contributed by atoms with Gasteiger partial charge in [0.1, 0.15) is 0 Å². The summed E-state index contributed by atoms with van der Waals surface area (Å²) in [6.07, 6.45) is 10.7. The van der Waals surface area contributed by atoms with Gasteiger partial charge in [0.25, 0.3) is 0 Å². The van der Waals surface area contributed by atoms with Gasteiger partial charge in [-0.3, -0.25) is 9.32 Å². The molecule has 0 aromatic rings. The first kappa shape index (κ1) is 27.7. The van der Waals surface area contributed by atoms with E-state index in [-0.39, 0.29) is 12.5 Å². The Balaban J connectivity index is 3.48. The number of aliphatic hydroxyl groups is 1. The average molecular weight is 429 g/mol. The van der Waals surface area contributed by atoms with Crippen LogP contribution in [0.5, 0.6) is 0 Å². The largest absolute Gasteiger partial charge is 0.469 e. The summed E-state index contributed by atoms with van der Waals surface area (Å²) in [4.78, 5) is 28.7. The summed E-state index contributed by atoms with van der Waals surface area (Å²) in [5, 5.41) is 12.0. The van der Waals surface area contributed by atoms with Crippen molar-refractivity contribution < 1.29 is 28.8 Å². The van der Waals surface area contributed by atoms with E-state index in [2.05, 4.69) is 40.4 Å². The molecule has 0 aromatic carbocycles. The topological polar surface area (TPSA) is 116 Å². The number of rotatable bonds is 16. The number of unbranched alkanes of at least 4 members (excludes halogenated alkanes) is 9. The molecule has 4 N–H and O–H groups in total. The molecule has 0 bridgehead atoms. The summed E-state index contributed by atoms with van der Waals surface area (Å²) in [7, 11) is -4.60. The van der Waals surface area contributed by atoms with Crippen molar-refractivity contribution in [2.75, 3.05) is 13.2 Å². The third-order valence-corrected chi connectivity index (χ3v) is 4.56. The van der Waals surface area contributed by atoms with Crippen molar-refractivity contribution in [1.29, 1.82) is 0 Å².